The van der Waals surface area contributed by atoms with Gasteiger partial charge >= 0.3 is 0 Å². The van der Waals surface area contributed by atoms with Crippen LogP contribution < -0.4 is 11.1 Å². The van der Waals surface area contributed by atoms with Gasteiger partial charge in [0.2, 0.25) is 5.91 Å². The van der Waals surface area contributed by atoms with E-state index in [4.69, 9.17) is 10.5 Å². The minimum atomic E-state index is 0. The molecule has 92 valence electrons. The number of methoxy groups -OCH3 is 1. The molecule has 0 bridgehead atoms. The first kappa shape index (κ1) is 17.1. The highest BCUT2D eigenvalue weighted by molar-refractivity contribution is 5.85. The van der Waals surface area contributed by atoms with Crippen LogP contribution in [0.15, 0.2) is 0 Å². The van der Waals surface area contributed by atoms with Crippen LogP contribution in [-0.4, -0.2) is 32.7 Å². The molecule has 0 unspecified atom stereocenters. The average molecular weight is 239 g/mol. The first-order chi connectivity index (χ1) is 6.81. The number of unbranched alkanes of at least 4 members (excludes halogenated alkanes) is 2. The van der Waals surface area contributed by atoms with Gasteiger partial charge in [-0.1, -0.05) is 0 Å². The van der Waals surface area contributed by atoms with E-state index in [-0.39, 0.29) is 18.3 Å². The molecule has 0 saturated carbocycles. The standard InChI is InChI=1S/C10H22N2O2.ClH/c1-14-9-4-2-3-8-12-10(13)6-5-7-11;/h2-9,11H2,1H3,(H,12,13);1H. The fraction of sp³-hybridized carbons (Fsp3) is 0.900. The molecule has 0 aromatic rings. The van der Waals surface area contributed by atoms with Gasteiger partial charge in [0.1, 0.15) is 0 Å². The van der Waals surface area contributed by atoms with Gasteiger partial charge in [-0.15, -0.1) is 12.4 Å². The zero-order chi connectivity index (χ0) is 10.6. The first-order valence-electron chi connectivity index (χ1n) is 5.27. The quantitative estimate of drug-likeness (QED) is 0.591. The Morgan fingerprint density at radius 1 is 1.27 bits per heavy atom. The van der Waals surface area contributed by atoms with Gasteiger partial charge in [0.25, 0.3) is 0 Å². The molecule has 0 atom stereocenters. The van der Waals surface area contributed by atoms with Crippen LogP contribution in [0.1, 0.15) is 32.1 Å². The fourth-order valence-corrected chi connectivity index (χ4v) is 1.13. The molecule has 0 radical (unpaired) electrons. The van der Waals surface area contributed by atoms with Crippen molar-refractivity contribution in [3.05, 3.63) is 0 Å². The number of rotatable bonds is 9. The number of hydrogen-bond donors (Lipinski definition) is 2. The number of nitrogens with one attached hydrogen (secondary N) is 1. The Hall–Kier alpha value is -0.320. The van der Waals surface area contributed by atoms with Crippen LogP contribution in [-0.2, 0) is 9.53 Å². The normalized spacial score (nSPS) is 9.47. The van der Waals surface area contributed by atoms with E-state index in [0.717, 1.165) is 38.8 Å². The highest BCUT2D eigenvalue weighted by Gasteiger charge is 1.98. The van der Waals surface area contributed by atoms with Crippen molar-refractivity contribution in [1.29, 1.82) is 0 Å². The number of halogens is 1. The van der Waals surface area contributed by atoms with Gasteiger partial charge in [-0.2, -0.15) is 0 Å². The summed E-state index contributed by atoms with van der Waals surface area (Å²) in [6.07, 6.45) is 4.52. The highest BCUT2D eigenvalue weighted by atomic mass is 35.5. The number of ether oxygens (including phenoxy) is 1. The molecule has 0 spiro atoms. The molecule has 0 heterocycles. The second-order valence-corrected chi connectivity index (χ2v) is 3.30. The molecule has 0 aliphatic rings. The van der Waals surface area contributed by atoms with E-state index >= 15 is 0 Å². The van der Waals surface area contributed by atoms with Gasteiger partial charge in [0.15, 0.2) is 0 Å². The number of hydrogen-bond acceptors (Lipinski definition) is 3. The van der Waals surface area contributed by atoms with Gasteiger partial charge in [0.05, 0.1) is 0 Å². The number of nitrogens with two attached hydrogens (primary N) is 1. The first-order valence-corrected chi connectivity index (χ1v) is 5.27. The molecule has 0 rings (SSSR count). The van der Waals surface area contributed by atoms with Crippen molar-refractivity contribution < 1.29 is 9.53 Å². The summed E-state index contributed by atoms with van der Waals surface area (Å²) in [5.74, 6) is 0.113. The lowest BCUT2D eigenvalue weighted by molar-refractivity contribution is -0.121. The summed E-state index contributed by atoms with van der Waals surface area (Å²) in [4.78, 5) is 11.1. The van der Waals surface area contributed by atoms with E-state index in [0.29, 0.717) is 13.0 Å². The predicted molar refractivity (Wildman–Crippen MR) is 64.3 cm³/mol. The van der Waals surface area contributed by atoms with Crippen LogP contribution in [0.3, 0.4) is 0 Å². The average Bonchev–Trinajstić information content (AvgIpc) is 2.20. The van der Waals surface area contributed by atoms with Crippen LogP contribution in [0.2, 0.25) is 0 Å². The Balaban J connectivity index is 0. The molecule has 0 aromatic carbocycles. The topological polar surface area (TPSA) is 64.3 Å². The smallest absolute Gasteiger partial charge is 0.220 e. The second kappa shape index (κ2) is 13.7. The summed E-state index contributed by atoms with van der Waals surface area (Å²) in [5, 5.41) is 2.86. The Morgan fingerprint density at radius 2 is 2.00 bits per heavy atom. The van der Waals surface area contributed by atoms with E-state index < -0.39 is 0 Å². The number of carbonyl (C=O) groups excluding carboxylic acids is 1. The molecule has 5 heteroatoms. The molecule has 0 fully saturated rings. The van der Waals surface area contributed by atoms with Gasteiger partial charge in [-0.25, -0.2) is 0 Å². The Bertz CT molecular complexity index is 145. The monoisotopic (exact) mass is 238 g/mol. The fourth-order valence-electron chi connectivity index (χ4n) is 1.13. The van der Waals surface area contributed by atoms with E-state index in [2.05, 4.69) is 5.32 Å². The molecule has 15 heavy (non-hydrogen) atoms. The van der Waals surface area contributed by atoms with Crippen LogP contribution in [0.25, 0.3) is 0 Å². The van der Waals surface area contributed by atoms with E-state index in [1.165, 1.54) is 0 Å². The zero-order valence-electron chi connectivity index (χ0n) is 9.46. The van der Waals surface area contributed by atoms with Crippen molar-refractivity contribution in [2.45, 2.75) is 32.1 Å². The zero-order valence-corrected chi connectivity index (χ0v) is 10.3. The minimum Gasteiger partial charge on any atom is -0.385 e. The summed E-state index contributed by atoms with van der Waals surface area (Å²) < 4.78 is 4.92. The molecular formula is C10H23ClN2O2. The maximum absolute atomic E-state index is 11.1. The van der Waals surface area contributed by atoms with Crippen LogP contribution in [0.4, 0.5) is 0 Å². The predicted octanol–water partition coefficient (Wildman–Crippen LogP) is 1.08. The lowest BCUT2D eigenvalue weighted by Crippen LogP contribution is -2.24. The molecule has 0 aliphatic heterocycles. The van der Waals surface area contributed by atoms with Gasteiger partial charge in [0, 0.05) is 26.7 Å². The molecular weight excluding hydrogens is 216 g/mol. The Kier molecular flexibility index (Phi) is 15.6. The molecule has 4 nitrogen and oxygen atoms in total. The van der Waals surface area contributed by atoms with Crippen molar-refractivity contribution in [1.82, 2.24) is 5.32 Å². The summed E-state index contributed by atoms with van der Waals surface area (Å²) >= 11 is 0. The van der Waals surface area contributed by atoms with E-state index in [1.54, 1.807) is 7.11 Å². The van der Waals surface area contributed by atoms with Crippen LogP contribution in [0, 0.1) is 0 Å². The SMILES string of the molecule is COCCCCCNC(=O)CCCN.Cl. The van der Waals surface area contributed by atoms with Crippen molar-refractivity contribution in [3.63, 3.8) is 0 Å². The maximum atomic E-state index is 11.1. The molecule has 3 N–H and O–H groups in total. The maximum Gasteiger partial charge on any atom is 0.220 e. The van der Waals surface area contributed by atoms with E-state index in [1.807, 2.05) is 0 Å². The third kappa shape index (κ3) is 13.7. The summed E-state index contributed by atoms with van der Waals surface area (Å²) in [6.45, 7) is 2.16. The third-order valence-electron chi connectivity index (χ3n) is 1.96. The third-order valence-corrected chi connectivity index (χ3v) is 1.96. The summed E-state index contributed by atoms with van der Waals surface area (Å²) in [7, 11) is 1.70. The van der Waals surface area contributed by atoms with E-state index in [9.17, 15) is 4.79 Å². The molecule has 1 amide bonds. The van der Waals surface area contributed by atoms with Crippen molar-refractivity contribution in [3.8, 4) is 0 Å². The summed E-state index contributed by atoms with van der Waals surface area (Å²) in [5.41, 5.74) is 5.29. The number of amides is 1. The largest absolute Gasteiger partial charge is 0.385 e. The van der Waals surface area contributed by atoms with Crippen LogP contribution in [0.5, 0.6) is 0 Å². The summed E-state index contributed by atoms with van der Waals surface area (Å²) in [6, 6.07) is 0. The van der Waals surface area contributed by atoms with Crippen molar-refractivity contribution >= 4 is 18.3 Å². The van der Waals surface area contributed by atoms with Gasteiger partial charge in [-0.05, 0) is 32.2 Å². The van der Waals surface area contributed by atoms with Crippen molar-refractivity contribution in [2.24, 2.45) is 5.73 Å². The van der Waals surface area contributed by atoms with Gasteiger partial charge in [-0.3, -0.25) is 4.79 Å². The Morgan fingerprint density at radius 3 is 2.60 bits per heavy atom. The minimum absolute atomic E-state index is 0. The highest BCUT2D eigenvalue weighted by Crippen LogP contribution is 1.94. The Labute approximate surface area is 98.3 Å². The molecule has 0 aromatic heterocycles. The van der Waals surface area contributed by atoms with Crippen LogP contribution >= 0.6 is 12.4 Å². The second-order valence-electron chi connectivity index (χ2n) is 3.30. The lowest BCUT2D eigenvalue weighted by Gasteiger charge is -2.04. The molecule has 0 aliphatic carbocycles. The number of carbonyl (C=O) groups is 1. The van der Waals surface area contributed by atoms with Crippen molar-refractivity contribution in [2.75, 3.05) is 26.8 Å². The van der Waals surface area contributed by atoms with Gasteiger partial charge < -0.3 is 15.8 Å². The molecule has 0 saturated heterocycles. The lowest BCUT2D eigenvalue weighted by atomic mass is 10.2.